The third-order valence-corrected chi connectivity index (χ3v) is 6.15. The van der Waals surface area contributed by atoms with E-state index in [9.17, 15) is 8.42 Å². The third-order valence-electron chi connectivity index (χ3n) is 3.98. The number of methoxy groups -OCH3 is 1. The lowest BCUT2D eigenvalue weighted by Crippen LogP contribution is -2.39. The van der Waals surface area contributed by atoms with Crippen molar-refractivity contribution in [1.29, 1.82) is 0 Å². The zero-order chi connectivity index (χ0) is 18.6. The third kappa shape index (κ3) is 4.31. The van der Waals surface area contributed by atoms with E-state index in [4.69, 9.17) is 10.5 Å². The molecule has 0 saturated carbocycles. The lowest BCUT2D eigenvalue weighted by atomic mass is 9.97. The van der Waals surface area contributed by atoms with Crippen molar-refractivity contribution >= 4 is 32.2 Å². The SMILES string of the molecule is COC1C=CC=C(CNc2ccc(S(=O)(=O)Nc3nccs3)cc2)C1N. The molecule has 2 aromatic rings. The summed E-state index contributed by atoms with van der Waals surface area (Å²) in [6, 6.07) is 6.32. The minimum atomic E-state index is -3.64. The van der Waals surface area contributed by atoms with Crippen LogP contribution in [0.4, 0.5) is 10.8 Å². The van der Waals surface area contributed by atoms with Crippen LogP contribution in [0.25, 0.3) is 0 Å². The quantitative estimate of drug-likeness (QED) is 0.667. The van der Waals surface area contributed by atoms with E-state index in [1.54, 1.807) is 43.0 Å². The average Bonchev–Trinajstić information content (AvgIpc) is 3.13. The van der Waals surface area contributed by atoms with E-state index in [2.05, 4.69) is 15.0 Å². The molecule has 0 bridgehead atoms. The molecule has 0 spiro atoms. The number of benzene rings is 1. The molecule has 4 N–H and O–H groups in total. The Morgan fingerprint density at radius 1 is 1.31 bits per heavy atom. The molecular weight excluding hydrogens is 372 g/mol. The maximum atomic E-state index is 12.3. The molecule has 26 heavy (non-hydrogen) atoms. The van der Waals surface area contributed by atoms with E-state index >= 15 is 0 Å². The fourth-order valence-corrected chi connectivity index (χ4v) is 4.32. The Labute approximate surface area is 156 Å². The van der Waals surface area contributed by atoms with Gasteiger partial charge in [0.05, 0.1) is 17.0 Å². The number of aromatic nitrogens is 1. The minimum absolute atomic E-state index is 0.138. The van der Waals surface area contributed by atoms with Crippen LogP contribution in [0.3, 0.4) is 0 Å². The minimum Gasteiger partial charge on any atom is -0.381 e. The van der Waals surface area contributed by atoms with Crippen LogP contribution >= 0.6 is 11.3 Å². The molecule has 0 aliphatic heterocycles. The highest BCUT2D eigenvalue weighted by molar-refractivity contribution is 7.93. The molecule has 0 radical (unpaired) electrons. The maximum absolute atomic E-state index is 12.3. The van der Waals surface area contributed by atoms with Gasteiger partial charge in [-0.3, -0.25) is 4.72 Å². The average molecular weight is 393 g/mol. The highest BCUT2D eigenvalue weighted by Crippen LogP contribution is 2.20. The van der Waals surface area contributed by atoms with Crippen molar-refractivity contribution in [1.82, 2.24) is 4.98 Å². The van der Waals surface area contributed by atoms with Crippen molar-refractivity contribution in [3.63, 3.8) is 0 Å². The molecule has 1 aromatic carbocycles. The van der Waals surface area contributed by atoms with Gasteiger partial charge in [0.2, 0.25) is 0 Å². The number of thiazole rings is 1. The Morgan fingerprint density at radius 2 is 2.08 bits per heavy atom. The van der Waals surface area contributed by atoms with Crippen molar-refractivity contribution in [2.75, 3.05) is 23.7 Å². The molecule has 0 amide bonds. The van der Waals surface area contributed by atoms with Crippen molar-refractivity contribution in [3.8, 4) is 0 Å². The number of hydrogen-bond acceptors (Lipinski definition) is 7. The standard InChI is InChI=1S/C17H20N4O3S2/c1-24-15-4-2-3-12(16(15)18)11-20-13-5-7-14(8-6-13)26(22,23)21-17-19-9-10-25-17/h2-10,15-16,20H,11,18H2,1H3,(H,19,21). The summed E-state index contributed by atoms with van der Waals surface area (Å²) in [5, 5.41) is 5.30. The Balaban J connectivity index is 1.63. The largest absolute Gasteiger partial charge is 0.381 e. The van der Waals surface area contributed by atoms with Crippen LogP contribution in [0.5, 0.6) is 0 Å². The second kappa shape index (κ2) is 8.00. The van der Waals surface area contributed by atoms with Crippen molar-refractivity contribution in [3.05, 3.63) is 59.6 Å². The lowest BCUT2D eigenvalue weighted by Gasteiger charge is -2.25. The van der Waals surface area contributed by atoms with Gasteiger partial charge in [0.15, 0.2) is 5.13 Å². The van der Waals surface area contributed by atoms with Gasteiger partial charge >= 0.3 is 0 Å². The van der Waals surface area contributed by atoms with E-state index in [1.807, 2.05) is 18.2 Å². The van der Waals surface area contributed by atoms with E-state index in [0.29, 0.717) is 11.7 Å². The van der Waals surface area contributed by atoms with Gasteiger partial charge in [-0.2, -0.15) is 0 Å². The highest BCUT2D eigenvalue weighted by atomic mass is 32.2. The number of nitrogens with zero attached hydrogens (tertiary/aromatic N) is 1. The summed E-state index contributed by atoms with van der Waals surface area (Å²) in [5.41, 5.74) is 7.98. The summed E-state index contributed by atoms with van der Waals surface area (Å²) in [4.78, 5) is 4.10. The van der Waals surface area contributed by atoms with E-state index in [-0.39, 0.29) is 17.0 Å². The Kier molecular flexibility index (Phi) is 5.72. The van der Waals surface area contributed by atoms with Gasteiger partial charge in [0, 0.05) is 30.9 Å². The summed E-state index contributed by atoms with van der Waals surface area (Å²) < 4.78 is 32.4. The first-order valence-corrected chi connectivity index (χ1v) is 10.3. The Bertz CT molecular complexity index is 891. The van der Waals surface area contributed by atoms with Gasteiger partial charge in [0.25, 0.3) is 10.0 Å². The predicted molar refractivity (Wildman–Crippen MR) is 104 cm³/mol. The first-order valence-electron chi connectivity index (χ1n) is 7.91. The van der Waals surface area contributed by atoms with Gasteiger partial charge < -0.3 is 15.8 Å². The lowest BCUT2D eigenvalue weighted by molar-refractivity contribution is 0.126. The highest BCUT2D eigenvalue weighted by Gasteiger charge is 2.21. The van der Waals surface area contributed by atoms with Crippen LogP contribution in [0, 0.1) is 0 Å². The summed E-state index contributed by atoms with van der Waals surface area (Å²) >= 11 is 1.23. The molecule has 2 unspecified atom stereocenters. The predicted octanol–water partition coefficient (Wildman–Crippen LogP) is 2.19. The zero-order valence-corrected chi connectivity index (χ0v) is 15.8. The molecule has 2 atom stereocenters. The van der Waals surface area contributed by atoms with Crippen LogP contribution in [-0.4, -0.2) is 39.2 Å². The molecule has 138 valence electrons. The van der Waals surface area contributed by atoms with Crippen LogP contribution < -0.4 is 15.8 Å². The van der Waals surface area contributed by atoms with Crippen LogP contribution in [0.15, 0.2) is 64.5 Å². The number of nitrogens with one attached hydrogen (secondary N) is 2. The molecule has 1 aliphatic rings. The fourth-order valence-electron chi connectivity index (χ4n) is 2.54. The molecule has 1 heterocycles. The number of hydrogen-bond donors (Lipinski definition) is 3. The number of sulfonamides is 1. The van der Waals surface area contributed by atoms with E-state index < -0.39 is 10.0 Å². The van der Waals surface area contributed by atoms with Crippen molar-refractivity contribution in [2.24, 2.45) is 5.73 Å². The molecule has 0 fully saturated rings. The first kappa shape index (κ1) is 18.6. The fraction of sp³-hybridized carbons (Fsp3) is 0.235. The topological polar surface area (TPSA) is 106 Å². The van der Waals surface area contributed by atoms with Gasteiger partial charge in [-0.1, -0.05) is 18.2 Å². The zero-order valence-electron chi connectivity index (χ0n) is 14.1. The van der Waals surface area contributed by atoms with Crippen LogP contribution in [0.2, 0.25) is 0 Å². The maximum Gasteiger partial charge on any atom is 0.263 e. The van der Waals surface area contributed by atoms with E-state index in [0.717, 1.165) is 11.3 Å². The number of rotatable bonds is 7. The van der Waals surface area contributed by atoms with Crippen molar-refractivity contribution < 1.29 is 13.2 Å². The number of ether oxygens (including phenoxy) is 1. The molecule has 7 nitrogen and oxygen atoms in total. The summed E-state index contributed by atoms with van der Waals surface area (Å²) in [6.07, 6.45) is 7.21. The normalized spacial score (nSPS) is 19.8. The second-order valence-corrected chi connectivity index (χ2v) is 8.25. The van der Waals surface area contributed by atoms with Crippen molar-refractivity contribution in [2.45, 2.75) is 17.0 Å². The molecular formula is C17H20N4O3S2. The molecule has 1 aliphatic carbocycles. The summed E-state index contributed by atoms with van der Waals surface area (Å²) in [7, 11) is -2.01. The first-order chi connectivity index (χ1) is 12.5. The van der Waals surface area contributed by atoms with Gasteiger partial charge in [-0.05, 0) is 29.8 Å². The monoisotopic (exact) mass is 392 g/mol. The number of nitrogens with two attached hydrogens (primary N) is 1. The van der Waals surface area contributed by atoms with Gasteiger partial charge in [-0.15, -0.1) is 11.3 Å². The van der Waals surface area contributed by atoms with Crippen LogP contribution in [0.1, 0.15) is 0 Å². The van der Waals surface area contributed by atoms with Crippen LogP contribution in [-0.2, 0) is 14.8 Å². The Morgan fingerprint density at radius 3 is 2.73 bits per heavy atom. The summed E-state index contributed by atoms with van der Waals surface area (Å²) in [6.45, 7) is 0.550. The smallest absolute Gasteiger partial charge is 0.263 e. The Hall–Kier alpha value is -2.20. The van der Waals surface area contributed by atoms with Gasteiger partial charge in [-0.25, -0.2) is 13.4 Å². The van der Waals surface area contributed by atoms with Gasteiger partial charge in [0.1, 0.15) is 0 Å². The second-order valence-electron chi connectivity index (χ2n) is 5.67. The van der Waals surface area contributed by atoms with E-state index in [1.165, 1.54) is 11.3 Å². The number of anilines is 2. The molecule has 1 aromatic heterocycles. The molecule has 9 heteroatoms. The molecule has 0 saturated heterocycles. The number of allylic oxidation sites excluding steroid dienone is 2. The summed E-state index contributed by atoms with van der Waals surface area (Å²) in [5.74, 6) is 0. The molecule has 3 rings (SSSR count).